The highest BCUT2D eigenvalue weighted by atomic mass is 16.7. The SMILES string of the molecule is [N-]=[N+]=N[C@H]1[C@@H](O[C@H]2[C@H](O)[C@@H](O)[C@H](N=[N+]=[N-])C[C@@H]2N=[N+]=[N-])O[C@H]([C@@H](O)CO)[C@@H](O)[C@@H]1O. The molecule has 0 radical (unpaired) electrons. The molecule has 2 fully saturated rings. The summed E-state index contributed by atoms with van der Waals surface area (Å²) in [4.78, 5) is 7.72. The normalized spacial score (nSPS) is 42.2. The lowest BCUT2D eigenvalue weighted by Crippen LogP contribution is -2.64. The van der Waals surface area contributed by atoms with Crippen LogP contribution in [0, 0.1) is 0 Å². The van der Waals surface area contributed by atoms with Gasteiger partial charge in [-0.2, -0.15) is 0 Å². The van der Waals surface area contributed by atoms with E-state index in [0.29, 0.717) is 0 Å². The number of nitrogens with zero attached hydrogens (tertiary/aromatic N) is 9. The third kappa shape index (κ3) is 4.84. The number of azide groups is 3. The van der Waals surface area contributed by atoms with Gasteiger partial charge in [0.05, 0.1) is 37.0 Å². The molecule has 6 N–H and O–H groups in total. The number of hydrogen-bond donors (Lipinski definition) is 6. The van der Waals surface area contributed by atoms with Crippen LogP contribution in [0.4, 0.5) is 0 Å². The Kier molecular flexibility index (Phi) is 8.43. The number of rotatable bonds is 7. The van der Waals surface area contributed by atoms with Crippen LogP contribution in [-0.4, -0.2) is 104 Å². The Balaban J connectivity index is 2.34. The molecule has 17 nitrogen and oxygen atoms in total. The number of hydrogen-bond acceptors (Lipinski definition) is 11. The van der Waals surface area contributed by atoms with E-state index in [0.717, 1.165) is 0 Å². The topological polar surface area (TPSA) is 286 Å². The molecular weight excluding hydrogens is 410 g/mol. The molecule has 2 rings (SSSR count). The predicted molar refractivity (Wildman–Crippen MR) is 94.1 cm³/mol. The maximum absolute atomic E-state index is 10.4. The van der Waals surface area contributed by atoms with Gasteiger partial charge in [-0.15, -0.1) is 0 Å². The molecule has 166 valence electrons. The van der Waals surface area contributed by atoms with Crippen LogP contribution in [0.15, 0.2) is 15.3 Å². The zero-order chi connectivity index (χ0) is 22.4. The highest BCUT2D eigenvalue weighted by molar-refractivity contribution is 5.02. The van der Waals surface area contributed by atoms with Crippen molar-refractivity contribution in [3.8, 4) is 0 Å². The van der Waals surface area contributed by atoms with E-state index in [1.54, 1.807) is 0 Å². The van der Waals surface area contributed by atoms with Crippen LogP contribution in [0.3, 0.4) is 0 Å². The smallest absolute Gasteiger partial charge is 0.169 e. The van der Waals surface area contributed by atoms with E-state index in [1.165, 1.54) is 0 Å². The van der Waals surface area contributed by atoms with Gasteiger partial charge in [-0.05, 0) is 23.0 Å². The molecule has 1 heterocycles. The van der Waals surface area contributed by atoms with Crippen molar-refractivity contribution in [3.63, 3.8) is 0 Å². The molecule has 17 heteroatoms. The molecule has 11 atom stereocenters. The lowest BCUT2D eigenvalue weighted by Gasteiger charge is -2.46. The first-order valence-electron chi connectivity index (χ1n) is 8.75. The largest absolute Gasteiger partial charge is 0.394 e. The van der Waals surface area contributed by atoms with Gasteiger partial charge in [0.1, 0.15) is 30.5 Å². The van der Waals surface area contributed by atoms with Gasteiger partial charge in [-0.3, -0.25) is 0 Å². The molecule has 0 spiro atoms. The van der Waals surface area contributed by atoms with Gasteiger partial charge in [-0.25, -0.2) is 0 Å². The Morgan fingerprint density at radius 1 is 0.900 bits per heavy atom. The minimum absolute atomic E-state index is 0.205. The summed E-state index contributed by atoms with van der Waals surface area (Å²) < 4.78 is 10.9. The van der Waals surface area contributed by atoms with E-state index in [2.05, 4.69) is 30.1 Å². The summed E-state index contributed by atoms with van der Waals surface area (Å²) in [6.07, 6.45) is -13.4. The van der Waals surface area contributed by atoms with Crippen molar-refractivity contribution in [3.05, 3.63) is 31.3 Å². The Hall–Kier alpha value is -2.39. The molecule has 0 bridgehead atoms. The zero-order valence-corrected chi connectivity index (χ0v) is 15.3. The summed E-state index contributed by atoms with van der Waals surface area (Å²) >= 11 is 0. The van der Waals surface area contributed by atoms with Gasteiger partial charge in [0.2, 0.25) is 0 Å². The number of aliphatic hydroxyl groups excluding tert-OH is 6. The second-order valence-corrected chi connectivity index (χ2v) is 6.76. The van der Waals surface area contributed by atoms with E-state index in [9.17, 15) is 25.5 Å². The zero-order valence-electron chi connectivity index (χ0n) is 15.3. The van der Waals surface area contributed by atoms with Gasteiger partial charge >= 0.3 is 0 Å². The van der Waals surface area contributed by atoms with E-state index >= 15 is 0 Å². The average Bonchev–Trinajstić information content (AvgIpc) is 2.73. The van der Waals surface area contributed by atoms with Crippen molar-refractivity contribution in [2.75, 3.05) is 6.61 Å². The standard InChI is InChI=1S/C13H21N9O8/c14-20-17-3-1-4(18-21-15)11(9(27)7(3)25)29-13-6(19-22-16)8(26)10(28)12(30-13)5(24)2-23/h3-13,23-28H,1-2H2/t3-,4+,5+,6-,7+,8-,9-,10+,11-,12-,13+/m1/s1. The quantitative estimate of drug-likeness (QED) is 0.153. The van der Waals surface area contributed by atoms with Crippen LogP contribution >= 0.6 is 0 Å². The first-order valence-corrected chi connectivity index (χ1v) is 8.75. The highest BCUT2D eigenvalue weighted by Gasteiger charge is 2.51. The summed E-state index contributed by atoms with van der Waals surface area (Å²) in [5.41, 5.74) is 26.1. The van der Waals surface area contributed by atoms with Crippen molar-refractivity contribution in [1.29, 1.82) is 0 Å². The average molecular weight is 431 g/mol. The van der Waals surface area contributed by atoms with Crippen LogP contribution in [0.25, 0.3) is 31.3 Å². The third-order valence-corrected chi connectivity index (χ3v) is 4.99. The van der Waals surface area contributed by atoms with Gasteiger partial charge in [0.15, 0.2) is 6.29 Å². The fourth-order valence-corrected chi connectivity index (χ4v) is 3.45. The molecule has 0 aromatic carbocycles. The molecule has 1 saturated heterocycles. The lowest BCUT2D eigenvalue weighted by atomic mass is 9.84. The summed E-state index contributed by atoms with van der Waals surface area (Å²) in [6, 6.07) is -3.85. The van der Waals surface area contributed by atoms with Crippen molar-refractivity contribution < 1.29 is 40.1 Å². The monoisotopic (exact) mass is 431 g/mol. The predicted octanol–water partition coefficient (Wildman–Crippen LogP) is -1.67. The van der Waals surface area contributed by atoms with Crippen molar-refractivity contribution in [1.82, 2.24) is 0 Å². The molecule has 2 aliphatic rings. The number of aliphatic hydroxyl groups is 6. The van der Waals surface area contributed by atoms with Crippen LogP contribution in [0.2, 0.25) is 0 Å². The Morgan fingerprint density at radius 2 is 1.50 bits per heavy atom. The second kappa shape index (κ2) is 10.6. The molecule has 30 heavy (non-hydrogen) atoms. The number of ether oxygens (including phenoxy) is 2. The Morgan fingerprint density at radius 3 is 2.07 bits per heavy atom. The fourth-order valence-electron chi connectivity index (χ4n) is 3.45. The first-order chi connectivity index (χ1) is 14.3. The first kappa shape index (κ1) is 23.9. The van der Waals surface area contributed by atoms with Gasteiger partial charge in [-0.1, -0.05) is 15.3 Å². The lowest BCUT2D eigenvalue weighted by molar-refractivity contribution is -0.303. The van der Waals surface area contributed by atoms with E-state index in [4.69, 9.17) is 31.2 Å². The molecule has 0 aromatic rings. The van der Waals surface area contributed by atoms with Crippen LogP contribution in [-0.2, 0) is 9.47 Å². The minimum atomic E-state index is -1.79. The van der Waals surface area contributed by atoms with Crippen molar-refractivity contribution in [2.45, 2.75) is 73.6 Å². The van der Waals surface area contributed by atoms with Crippen LogP contribution in [0.1, 0.15) is 6.42 Å². The highest BCUT2D eigenvalue weighted by Crippen LogP contribution is 2.33. The summed E-state index contributed by atoms with van der Waals surface area (Å²) in [6.45, 7) is -0.840. The molecule has 0 unspecified atom stereocenters. The molecule has 0 aromatic heterocycles. The molecule has 1 aliphatic carbocycles. The Labute approximate surface area is 168 Å². The van der Waals surface area contributed by atoms with Crippen molar-refractivity contribution >= 4 is 0 Å². The molecular formula is C13H21N9O8. The fraction of sp³-hybridized carbons (Fsp3) is 1.00. The van der Waals surface area contributed by atoms with E-state index < -0.39 is 73.8 Å². The van der Waals surface area contributed by atoms with Gasteiger partial charge in [0, 0.05) is 14.7 Å². The van der Waals surface area contributed by atoms with Gasteiger partial charge in [0.25, 0.3) is 0 Å². The molecule has 0 amide bonds. The maximum Gasteiger partial charge on any atom is 0.169 e. The minimum Gasteiger partial charge on any atom is -0.394 e. The summed E-state index contributed by atoms with van der Waals surface area (Å²) in [5, 5.41) is 70.0. The summed E-state index contributed by atoms with van der Waals surface area (Å²) in [5.74, 6) is 0. The van der Waals surface area contributed by atoms with E-state index in [1.807, 2.05) is 0 Å². The molecule has 1 saturated carbocycles. The maximum atomic E-state index is 10.4. The van der Waals surface area contributed by atoms with Crippen LogP contribution in [0.5, 0.6) is 0 Å². The molecule has 1 aliphatic heterocycles. The van der Waals surface area contributed by atoms with E-state index in [-0.39, 0.29) is 6.42 Å². The van der Waals surface area contributed by atoms with Gasteiger partial charge < -0.3 is 40.1 Å². The Bertz CT molecular complexity index is 740. The third-order valence-electron chi connectivity index (χ3n) is 4.99. The second-order valence-electron chi connectivity index (χ2n) is 6.76. The summed E-state index contributed by atoms with van der Waals surface area (Å²) in [7, 11) is 0. The van der Waals surface area contributed by atoms with Crippen LogP contribution < -0.4 is 0 Å². The van der Waals surface area contributed by atoms with Crippen molar-refractivity contribution in [2.24, 2.45) is 15.3 Å².